The molecule has 0 aromatic heterocycles. The number of carbonyl (C=O) groups excluding carboxylic acids is 2. The number of amides is 2. The fraction of sp³-hybridized carbons (Fsp3) is 0.263. The van der Waals surface area contributed by atoms with E-state index in [-0.39, 0.29) is 11.8 Å². The first-order valence-electron chi connectivity index (χ1n) is 8.01. The van der Waals surface area contributed by atoms with Crippen LogP contribution in [0.5, 0.6) is 0 Å². The zero-order chi connectivity index (χ0) is 18.2. The summed E-state index contributed by atoms with van der Waals surface area (Å²) in [7, 11) is 3.92. The Balaban J connectivity index is 1.87. The van der Waals surface area contributed by atoms with E-state index in [9.17, 15) is 9.59 Å². The van der Waals surface area contributed by atoms with Crippen LogP contribution in [0.2, 0.25) is 0 Å². The minimum atomic E-state index is -0.112. The molecule has 0 heterocycles. The third kappa shape index (κ3) is 6.83. The van der Waals surface area contributed by atoms with Crippen LogP contribution in [0.3, 0.4) is 0 Å². The first kappa shape index (κ1) is 19.4. The number of hydrogen-bond donors (Lipinski definition) is 2. The van der Waals surface area contributed by atoms with Crippen LogP contribution in [0.15, 0.2) is 48.5 Å². The molecular formula is C19H22IN3O2. The lowest BCUT2D eigenvalue weighted by Crippen LogP contribution is -2.31. The number of carbonyl (C=O) groups is 2. The van der Waals surface area contributed by atoms with Gasteiger partial charge in [0, 0.05) is 27.9 Å². The van der Waals surface area contributed by atoms with Gasteiger partial charge in [0.2, 0.25) is 5.91 Å². The highest BCUT2D eigenvalue weighted by atomic mass is 127. The van der Waals surface area contributed by atoms with Crippen molar-refractivity contribution >= 4 is 40.1 Å². The van der Waals surface area contributed by atoms with Gasteiger partial charge in [-0.15, -0.1) is 0 Å². The molecule has 6 heteroatoms. The monoisotopic (exact) mass is 451 g/mol. The topological polar surface area (TPSA) is 61.4 Å². The standard InChI is InChI=1S/C19H22IN3O2/c1-23(2)11-10-21-19(25)15-6-8-17(9-7-15)22-18(24)13-14-4-3-5-16(20)12-14/h3-9,12H,10-11,13H2,1-2H3,(H,21,25)(H,22,24). The van der Waals surface area contributed by atoms with Gasteiger partial charge in [-0.05, 0) is 78.6 Å². The van der Waals surface area contributed by atoms with E-state index >= 15 is 0 Å². The summed E-state index contributed by atoms with van der Waals surface area (Å²) in [4.78, 5) is 26.1. The Morgan fingerprint density at radius 1 is 1.08 bits per heavy atom. The van der Waals surface area contributed by atoms with Crippen LogP contribution >= 0.6 is 22.6 Å². The number of rotatable bonds is 7. The van der Waals surface area contributed by atoms with E-state index in [1.807, 2.05) is 43.3 Å². The lowest BCUT2D eigenvalue weighted by molar-refractivity contribution is -0.115. The smallest absolute Gasteiger partial charge is 0.251 e. The summed E-state index contributed by atoms with van der Waals surface area (Å²) in [6, 6.07) is 14.8. The second-order valence-corrected chi connectivity index (χ2v) is 7.24. The summed E-state index contributed by atoms with van der Waals surface area (Å²) < 4.78 is 1.10. The van der Waals surface area contributed by atoms with Gasteiger partial charge in [0.15, 0.2) is 0 Å². The SMILES string of the molecule is CN(C)CCNC(=O)c1ccc(NC(=O)Cc2cccc(I)c2)cc1. The molecule has 2 aromatic rings. The third-order valence-electron chi connectivity index (χ3n) is 3.53. The maximum atomic E-state index is 12.1. The first-order chi connectivity index (χ1) is 11.9. The van der Waals surface area contributed by atoms with Crippen molar-refractivity contribution in [1.82, 2.24) is 10.2 Å². The number of anilines is 1. The molecular weight excluding hydrogens is 429 g/mol. The van der Waals surface area contributed by atoms with Crippen molar-refractivity contribution in [2.24, 2.45) is 0 Å². The summed E-state index contributed by atoms with van der Waals surface area (Å²) in [5, 5.41) is 5.71. The van der Waals surface area contributed by atoms with Gasteiger partial charge in [-0.2, -0.15) is 0 Å². The molecule has 2 amide bonds. The molecule has 2 rings (SSSR count). The number of nitrogens with zero attached hydrogens (tertiary/aromatic N) is 1. The molecule has 0 spiro atoms. The number of halogens is 1. The van der Waals surface area contributed by atoms with Gasteiger partial charge in [-0.25, -0.2) is 0 Å². The lowest BCUT2D eigenvalue weighted by Gasteiger charge is -2.11. The van der Waals surface area contributed by atoms with E-state index in [1.54, 1.807) is 24.3 Å². The predicted octanol–water partition coefficient (Wildman–Crippen LogP) is 2.76. The van der Waals surface area contributed by atoms with Gasteiger partial charge >= 0.3 is 0 Å². The van der Waals surface area contributed by atoms with Gasteiger partial charge in [-0.3, -0.25) is 9.59 Å². The van der Waals surface area contributed by atoms with Crippen LogP contribution in [-0.4, -0.2) is 43.9 Å². The van der Waals surface area contributed by atoms with Gasteiger partial charge in [0.25, 0.3) is 5.91 Å². The van der Waals surface area contributed by atoms with E-state index in [1.165, 1.54) is 0 Å². The summed E-state index contributed by atoms with van der Waals surface area (Å²) in [5.74, 6) is -0.191. The Morgan fingerprint density at radius 3 is 2.44 bits per heavy atom. The maximum absolute atomic E-state index is 12.1. The predicted molar refractivity (Wildman–Crippen MR) is 109 cm³/mol. The third-order valence-corrected chi connectivity index (χ3v) is 4.20. The Labute approximate surface area is 161 Å². The van der Waals surface area contributed by atoms with E-state index in [2.05, 4.69) is 33.2 Å². The van der Waals surface area contributed by atoms with Crippen LogP contribution in [-0.2, 0) is 11.2 Å². The van der Waals surface area contributed by atoms with Crippen LogP contribution in [0.1, 0.15) is 15.9 Å². The average Bonchev–Trinajstić information content (AvgIpc) is 2.55. The fourth-order valence-corrected chi connectivity index (χ4v) is 2.85. The molecule has 0 aliphatic heterocycles. The highest BCUT2D eigenvalue weighted by Gasteiger charge is 2.07. The molecule has 2 N–H and O–H groups in total. The van der Waals surface area contributed by atoms with Crippen molar-refractivity contribution in [3.05, 3.63) is 63.2 Å². The van der Waals surface area contributed by atoms with Gasteiger partial charge in [0.1, 0.15) is 0 Å². The quantitative estimate of drug-likeness (QED) is 0.637. The van der Waals surface area contributed by atoms with Gasteiger partial charge < -0.3 is 15.5 Å². The Kier molecular flexibility index (Phi) is 7.39. The Bertz CT molecular complexity index is 730. The van der Waals surface area contributed by atoms with Crippen molar-refractivity contribution in [1.29, 1.82) is 0 Å². The van der Waals surface area contributed by atoms with E-state index < -0.39 is 0 Å². The molecule has 0 saturated carbocycles. The van der Waals surface area contributed by atoms with Crippen molar-refractivity contribution in [3.63, 3.8) is 0 Å². The molecule has 0 radical (unpaired) electrons. The highest BCUT2D eigenvalue weighted by molar-refractivity contribution is 14.1. The molecule has 0 unspecified atom stereocenters. The van der Waals surface area contributed by atoms with Crippen LogP contribution in [0.4, 0.5) is 5.69 Å². The molecule has 0 bridgehead atoms. The van der Waals surface area contributed by atoms with Crippen molar-refractivity contribution in [2.75, 3.05) is 32.5 Å². The molecule has 0 saturated heterocycles. The summed E-state index contributed by atoms with van der Waals surface area (Å²) >= 11 is 2.23. The Morgan fingerprint density at radius 2 is 1.80 bits per heavy atom. The first-order valence-corrected chi connectivity index (χ1v) is 9.09. The van der Waals surface area contributed by atoms with Crippen molar-refractivity contribution in [2.45, 2.75) is 6.42 Å². The molecule has 0 aliphatic carbocycles. The molecule has 2 aromatic carbocycles. The normalized spacial score (nSPS) is 10.6. The highest BCUT2D eigenvalue weighted by Crippen LogP contribution is 2.12. The summed E-state index contributed by atoms with van der Waals surface area (Å²) in [6.07, 6.45) is 0.323. The van der Waals surface area contributed by atoms with Crippen LogP contribution in [0.25, 0.3) is 0 Å². The van der Waals surface area contributed by atoms with Crippen LogP contribution < -0.4 is 10.6 Å². The minimum absolute atomic E-state index is 0.0785. The Hall–Kier alpha value is -1.93. The molecule has 5 nitrogen and oxygen atoms in total. The van der Waals surface area contributed by atoms with E-state index in [0.29, 0.717) is 24.2 Å². The largest absolute Gasteiger partial charge is 0.351 e. The van der Waals surface area contributed by atoms with E-state index in [0.717, 1.165) is 15.7 Å². The van der Waals surface area contributed by atoms with Crippen molar-refractivity contribution in [3.8, 4) is 0 Å². The number of hydrogen-bond acceptors (Lipinski definition) is 3. The molecule has 25 heavy (non-hydrogen) atoms. The number of nitrogens with one attached hydrogen (secondary N) is 2. The molecule has 0 fully saturated rings. The summed E-state index contributed by atoms with van der Waals surface area (Å²) in [5.41, 5.74) is 2.23. The second kappa shape index (κ2) is 9.53. The van der Waals surface area contributed by atoms with Crippen molar-refractivity contribution < 1.29 is 9.59 Å². The number of likely N-dealkylation sites (N-methyl/N-ethyl adjacent to an activating group) is 1. The fourth-order valence-electron chi connectivity index (χ4n) is 2.24. The van der Waals surface area contributed by atoms with E-state index in [4.69, 9.17) is 0 Å². The van der Waals surface area contributed by atoms with Gasteiger partial charge in [-0.1, -0.05) is 12.1 Å². The average molecular weight is 451 g/mol. The molecule has 132 valence electrons. The zero-order valence-electron chi connectivity index (χ0n) is 14.4. The summed E-state index contributed by atoms with van der Waals surface area (Å²) in [6.45, 7) is 1.39. The minimum Gasteiger partial charge on any atom is -0.351 e. The maximum Gasteiger partial charge on any atom is 0.251 e. The second-order valence-electron chi connectivity index (χ2n) is 5.99. The lowest BCUT2D eigenvalue weighted by atomic mass is 10.1. The molecule has 0 atom stereocenters. The zero-order valence-corrected chi connectivity index (χ0v) is 16.5. The van der Waals surface area contributed by atoms with Crippen LogP contribution in [0, 0.1) is 3.57 Å². The molecule has 0 aliphatic rings. The number of benzene rings is 2. The van der Waals surface area contributed by atoms with Gasteiger partial charge in [0.05, 0.1) is 6.42 Å².